The van der Waals surface area contributed by atoms with E-state index in [1.807, 2.05) is 19.1 Å². The summed E-state index contributed by atoms with van der Waals surface area (Å²) in [4.78, 5) is 12.2. The summed E-state index contributed by atoms with van der Waals surface area (Å²) < 4.78 is 5.11. The molecule has 0 saturated carbocycles. The van der Waals surface area contributed by atoms with Crippen molar-refractivity contribution in [3.8, 4) is 11.5 Å². The van der Waals surface area contributed by atoms with Crippen LogP contribution in [0, 0.1) is 6.92 Å². The Labute approximate surface area is 122 Å². The number of methoxy groups -OCH3 is 1. The summed E-state index contributed by atoms with van der Waals surface area (Å²) >= 11 is 0. The van der Waals surface area contributed by atoms with Crippen LogP contribution in [0.4, 0.5) is 5.69 Å². The molecule has 0 radical (unpaired) electrons. The molecule has 0 unspecified atom stereocenters. The van der Waals surface area contributed by atoms with Gasteiger partial charge in [-0.05, 0) is 36.2 Å². The number of carbonyl (C=O) groups excluding carboxylic acids is 1. The second-order valence-corrected chi connectivity index (χ2v) is 4.98. The predicted molar refractivity (Wildman–Crippen MR) is 79.7 cm³/mol. The summed E-state index contributed by atoms with van der Waals surface area (Å²) in [5.74, 6) is 0.323. The van der Waals surface area contributed by atoms with Crippen molar-refractivity contribution in [2.75, 3.05) is 12.4 Å². The maximum Gasteiger partial charge on any atom is 0.255 e. The highest BCUT2D eigenvalue weighted by atomic mass is 16.5. The van der Waals surface area contributed by atoms with Gasteiger partial charge < -0.3 is 20.5 Å². The molecule has 21 heavy (non-hydrogen) atoms. The number of hydrogen-bond acceptors (Lipinski definition) is 4. The normalized spacial score (nSPS) is 16.7. The van der Waals surface area contributed by atoms with E-state index >= 15 is 0 Å². The number of aryl methyl sites for hydroxylation is 1. The molecule has 3 N–H and O–H groups in total. The third-order valence-corrected chi connectivity index (χ3v) is 3.62. The van der Waals surface area contributed by atoms with Gasteiger partial charge in [0.2, 0.25) is 0 Å². The zero-order valence-electron chi connectivity index (χ0n) is 11.8. The highest BCUT2D eigenvalue weighted by Crippen LogP contribution is 2.33. The lowest BCUT2D eigenvalue weighted by Gasteiger charge is -2.29. The Bertz CT molecular complexity index is 713. The Morgan fingerprint density at radius 1 is 1.19 bits per heavy atom. The SMILES string of the molecule is COc1cc([C@H]2NC(=O)c3cccc(C)c3N2)ccc1O. The fourth-order valence-electron chi connectivity index (χ4n) is 2.48. The van der Waals surface area contributed by atoms with Gasteiger partial charge in [0, 0.05) is 0 Å². The van der Waals surface area contributed by atoms with E-state index in [1.165, 1.54) is 7.11 Å². The van der Waals surface area contributed by atoms with E-state index in [4.69, 9.17) is 4.74 Å². The Hall–Kier alpha value is -2.69. The number of amides is 1. The van der Waals surface area contributed by atoms with Gasteiger partial charge in [0.05, 0.1) is 18.4 Å². The van der Waals surface area contributed by atoms with Crippen molar-refractivity contribution in [3.05, 3.63) is 53.1 Å². The van der Waals surface area contributed by atoms with Crippen LogP contribution in [0.5, 0.6) is 11.5 Å². The van der Waals surface area contributed by atoms with Crippen LogP contribution in [0.15, 0.2) is 36.4 Å². The number of phenolic OH excluding ortho intramolecular Hbond substituents is 1. The van der Waals surface area contributed by atoms with E-state index in [2.05, 4.69) is 10.6 Å². The van der Waals surface area contributed by atoms with Crippen LogP contribution in [-0.4, -0.2) is 18.1 Å². The van der Waals surface area contributed by atoms with Crippen molar-refractivity contribution in [1.82, 2.24) is 5.32 Å². The highest BCUT2D eigenvalue weighted by molar-refractivity contribution is 6.02. The Morgan fingerprint density at radius 2 is 2.00 bits per heavy atom. The van der Waals surface area contributed by atoms with E-state index in [9.17, 15) is 9.90 Å². The number of phenols is 1. The van der Waals surface area contributed by atoms with Crippen LogP contribution >= 0.6 is 0 Å². The molecule has 0 aromatic heterocycles. The third-order valence-electron chi connectivity index (χ3n) is 3.62. The van der Waals surface area contributed by atoms with E-state index < -0.39 is 0 Å². The van der Waals surface area contributed by atoms with Gasteiger partial charge in [-0.2, -0.15) is 0 Å². The Morgan fingerprint density at radius 3 is 2.76 bits per heavy atom. The van der Waals surface area contributed by atoms with Gasteiger partial charge in [0.25, 0.3) is 5.91 Å². The first-order valence-electron chi connectivity index (χ1n) is 6.64. The lowest BCUT2D eigenvalue weighted by molar-refractivity contribution is 0.0935. The summed E-state index contributed by atoms with van der Waals surface area (Å²) in [6.45, 7) is 1.96. The van der Waals surface area contributed by atoms with Crippen molar-refractivity contribution in [2.24, 2.45) is 0 Å². The number of benzene rings is 2. The van der Waals surface area contributed by atoms with Gasteiger partial charge in [-0.15, -0.1) is 0 Å². The fraction of sp³-hybridized carbons (Fsp3) is 0.188. The number of anilines is 1. The second kappa shape index (κ2) is 5.01. The maximum absolute atomic E-state index is 12.2. The Balaban J connectivity index is 1.99. The monoisotopic (exact) mass is 284 g/mol. The van der Waals surface area contributed by atoms with E-state index in [0.717, 1.165) is 16.8 Å². The molecule has 0 bridgehead atoms. The summed E-state index contributed by atoms with van der Waals surface area (Å²) in [6, 6.07) is 10.6. The molecule has 0 saturated heterocycles. The number of rotatable bonds is 2. The minimum atomic E-state index is -0.361. The molecule has 2 aromatic rings. The van der Waals surface area contributed by atoms with E-state index in [-0.39, 0.29) is 17.8 Å². The van der Waals surface area contributed by atoms with Crippen molar-refractivity contribution in [1.29, 1.82) is 0 Å². The molecule has 2 aromatic carbocycles. The van der Waals surface area contributed by atoms with Gasteiger partial charge in [0.15, 0.2) is 11.5 Å². The predicted octanol–water partition coefficient (Wildman–Crippen LogP) is 2.56. The summed E-state index contributed by atoms with van der Waals surface area (Å²) in [6.07, 6.45) is -0.361. The minimum Gasteiger partial charge on any atom is -0.504 e. The molecule has 1 atom stereocenters. The second-order valence-electron chi connectivity index (χ2n) is 4.98. The molecule has 1 heterocycles. The molecule has 1 aliphatic rings. The quantitative estimate of drug-likeness (QED) is 0.792. The molecule has 5 nitrogen and oxygen atoms in total. The fourth-order valence-corrected chi connectivity index (χ4v) is 2.48. The number of para-hydroxylation sites is 1. The van der Waals surface area contributed by atoms with Crippen molar-refractivity contribution in [2.45, 2.75) is 13.1 Å². The first kappa shape index (κ1) is 13.3. The standard InChI is InChI=1S/C16H16N2O3/c1-9-4-3-5-11-14(9)17-15(18-16(11)20)10-6-7-12(19)13(8-10)21-2/h3-8,15,17,19H,1-2H3,(H,18,20)/t15-/m1/s1. The van der Waals surface area contributed by atoms with Crippen LogP contribution in [0.25, 0.3) is 0 Å². The zero-order valence-corrected chi connectivity index (χ0v) is 11.8. The van der Waals surface area contributed by atoms with E-state index in [1.54, 1.807) is 24.3 Å². The van der Waals surface area contributed by atoms with Gasteiger partial charge in [-0.1, -0.05) is 18.2 Å². The average molecular weight is 284 g/mol. The van der Waals surface area contributed by atoms with Crippen LogP contribution in [0.3, 0.4) is 0 Å². The first-order chi connectivity index (χ1) is 10.1. The van der Waals surface area contributed by atoms with Crippen LogP contribution < -0.4 is 15.4 Å². The summed E-state index contributed by atoms with van der Waals surface area (Å²) in [5, 5.41) is 15.9. The average Bonchev–Trinajstić information content (AvgIpc) is 2.48. The number of carbonyl (C=O) groups is 1. The molecule has 1 amide bonds. The first-order valence-corrected chi connectivity index (χ1v) is 6.64. The number of ether oxygens (including phenoxy) is 1. The third kappa shape index (κ3) is 2.27. The smallest absolute Gasteiger partial charge is 0.255 e. The minimum absolute atomic E-state index is 0.0694. The number of hydrogen-bond donors (Lipinski definition) is 3. The van der Waals surface area contributed by atoms with E-state index in [0.29, 0.717) is 11.3 Å². The van der Waals surface area contributed by atoms with Gasteiger partial charge >= 0.3 is 0 Å². The molecule has 108 valence electrons. The molecule has 3 rings (SSSR count). The highest BCUT2D eigenvalue weighted by Gasteiger charge is 2.26. The van der Waals surface area contributed by atoms with Crippen LogP contribution in [-0.2, 0) is 0 Å². The molecule has 0 spiro atoms. The lowest BCUT2D eigenvalue weighted by atomic mass is 10.0. The molecular formula is C16H16N2O3. The molecule has 5 heteroatoms. The summed E-state index contributed by atoms with van der Waals surface area (Å²) in [5.41, 5.74) is 3.29. The number of fused-ring (bicyclic) bond motifs is 1. The summed E-state index contributed by atoms with van der Waals surface area (Å²) in [7, 11) is 1.49. The number of aromatic hydroxyl groups is 1. The van der Waals surface area contributed by atoms with Crippen molar-refractivity contribution < 1.29 is 14.6 Å². The number of nitrogens with one attached hydrogen (secondary N) is 2. The maximum atomic E-state index is 12.2. The van der Waals surface area contributed by atoms with Gasteiger partial charge in [0.1, 0.15) is 6.17 Å². The van der Waals surface area contributed by atoms with Crippen molar-refractivity contribution in [3.63, 3.8) is 0 Å². The van der Waals surface area contributed by atoms with Gasteiger partial charge in [-0.25, -0.2) is 0 Å². The largest absolute Gasteiger partial charge is 0.504 e. The molecule has 0 fully saturated rings. The molecule has 1 aliphatic heterocycles. The Kier molecular flexibility index (Phi) is 3.17. The zero-order chi connectivity index (χ0) is 15.0. The lowest BCUT2D eigenvalue weighted by Crippen LogP contribution is -2.38. The van der Waals surface area contributed by atoms with Crippen molar-refractivity contribution >= 4 is 11.6 Å². The van der Waals surface area contributed by atoms with Gasteiger partial charge in [-0.3, -0.25) is 4.79 Å². The molecule has 0 aliphatic carbocycles. The topological polar surface area (TPSA) is 70.6 Å². The van der Waals surface area contributed by atoms with Crippen LogP contribution in [0.2, 0.25) is 0 Å². The molecular weight excluding hydrogens is 268 g/mol. The van der Waals surface area contributed by atoms with Crippen LogP contribution in [0.1, 0.15) is 27.7 Å².